The first-order chi connectivity index (χ1) is 12.3. The summed E-state index contributed by atoms with van der Waals surface area (Å²) >= 11 is 0. The minimum absolute atomic E-state index is 0.280. The molecule has 0 amide bonds. The molecule has 3 aromatic rings. The Balaban J connectivity index is 1.53. The summed E-state index contributed by atoms with van der Waals surface area (Å²) in [7, 11) is 0. The lowest BCUT2D eigenvalue weighted by Crippen LogP contribution is -2.28. The summed E-state index contributed by atoms with van der Waals surface area (Å²) in [6.45, 7) is 3.06. The predicted octanol–water partition coefficient (Wildman–Crippen LogP) is 4.05. The van der Waals surface area contributed by atoms with E-state index in [9.17, 15) is 0 Å². The van der Waals surface area contributed by atoms with Crippen molar-refractivity contribution >= 4 is 0 Å². The van der Waals surface area contributed by atoms with Crippen LogP contribution in [-0.4, -0.2) is 14.8 Å². The highest BCUT2D eigenvalue weighted by atomic mass is 15.3. The molecule has 0 bridgehead atoms. The molecule has 1 N–H and O–H groups in total. The topological polar surface area (TPSA) is 42.7 Å². The molecule has 4 nitrogen and oxygen atoms in total. The Labute approximate surface area is 148 Å². The first-order valence-electron chi connectivity index (χ1n) is 9.06. The van der Waals surface area contributed by atoms with Gasteiger partial charge in [-0.25, -0.2) is 0 Å². The van der Waals surface area contributed by atoms with E-state index in [0.717, 1.165) is 19.4 Å². The van der Waals surface area contributed by atoms with Gasteiger partial charge in [0, 0.05) is 35.7 Å². The van der Waals surface area contributed by atoms with Crippen LogP contribution in [0.5, 0.6) is 0 Å². The van der Waals surface area contributed by atoms with Crippen LogP contribution in [0.15, 0.2) is 61.1 Å². The van der Waals surface area contributed by atoms with Gasteiger partial charge in [-0.05, 0) is 43.4 Å². The molecule has 0 spiro atoms. The van der Waals surface area contributed by atoms with Crippen molar-refractivity contribution in [3.8, 4) is 0 Å². The lowest BCUT2D eigenvalue weighted by molar-refractivity contribution is 0.409. The highest BCUT2D eigenvalue weighted by Gasteiger charge is 2.25. The summed E-state index contributed by atoms with van der Waals surface area (Å²) in [5, 5.41) is 8.46. The zero-order chi connectivity index (χ0) is 17.1. The van der Waals surface area contributed by atoms with Crippen molar-refractivity contribution in [1.29, 1.82) is 0 Å². The number of aromatic nitrogens is 3. The minimum Gasteiger partial charge on any atom is -0.303 e. The van der Waals surface area contributed by atoms with E-state index in [-0.39, 0.29) is 6.04 Å². The monoisotopic (exact) mass is 332 g/mol. The molecule has 2 aromatic heterocycles. The fraction of sp³-hybridized carbons (Fsp3) is 0.333. The highest BCUT2D eigenvalue weighted by Crippen LogP contribution is 2.32. The van der Waals surface area contributed by atoms with Crippen molar-refractivity contribution in [2.75, 3.05) is 0 Å². The van der Waals surface area contributed by atoms with Crippen LogP contribution in [0.2, 0.25) is 0 Å². The second kappa shape index (κ2) is 7.19. The van der Waals surface area contributed by atoms with Crippen LogP contribution in [0.4, 0.5) is 0 Å². The van der Waals surface area contributed by atoms with Gasteiger partial charge in [0.2, 0.25) is 0 Å². The molecule has 0 radical (unpaired) electrons. The SMILES string of the molecule is C[C@@H](N[C@H]1CCCc2c1cnn2Cc1ccccc1)c1cccnc1. The van der Waals surface area contributed by atoms with Crippen molar-refractivity contribution in [3.63, 3.8) is 0 Å². The van der Waals surface area contributed by atoms with Crippen molar-refractivity contribution in [1.82, 2.24) is 20.1 Å². The largest absolute Gasteiger partial charge is 0.303 e. The molecular weight excluding hydrogens is 308 g/mol. The van der Waals surface area contributed by atoms with E-state index in [2.05, 4.69) is 69.6 Å². The third-order valence-electron chi connectivity index (χ3n) is 5.07. The molecule has 0 saturated heterocycles. The number of benzene rings is 1. The van der Waals surface area contributed by atoms with Crippen molar-refractivity contribution < 1.29 is 0 Å². The van der Waals surface area contributed by atoms with Crippen LogP contribution in [0.3, 0.4) is 0 Å². The van der Waals surface area contributed by atoms with E-state index in [1.54, 1.807) is 0 Å². The summed E-state index contributed by atoms with van der Waals surface area (Å²) in [5.41, 5.74) is 5.27. The maximum absolute atomic E-state index is 4.69. The average molecular weight is 332 g/mol. The Morgan fingerprint density at radius 1 is 1.16 bits per heavy atom. The Kier molecular flexibility index (Phi) is 4.61. The second-order valence-electron chi connectivity index (χ2n) is 6.81. The van der Waals surface area contributed by atoms with Gasteiger partial charge < -0.3 is 5.32 Å². The molecular formula is C21H24N4. The van der Waals surface area contributed by atoms with Gasteiger partial charge in [0.25, 0.3) is 0 Å². The molecule has 0 fully saturated rings. The molecule has 1 aliphatic carbocycles. The van der Waals surface area contributed by atoms with E-state index < -0.39 is 0 Å². The van der Waals surface area contributed by atoms with Gasteiger partial charge in [-0.2, -0.15) is 5.10 Å². The molecule has 4 heteroatoms. The molecule has 2 atom stereocenters. The van der Waals surface area contributed by atoms with Gasteiger partial charge in [0.05, 0.1) is 12.7 Å². The molecule has 25 heavy (non-hydrogen) atoms. The predicted molar refractivity (Wildman–Crippen MR) is 99.2 cm³/mol. The van der Waals surface area contributed by atoms with Crippen LogP contribution < -0.4 is 5.32 Å². The van der Waals surface area contributed by atoms with Crippen LogP contribution in [0.25, 0.3) is 0 Å². The van der Waals surface area contributed by atoms with Crippen LogP contribution in [0.1, 0.15) is 54.2 Å². The first-order valence-corrected chi connectivity index (χ1v) is 9.06. The smallest absolute Gasteiger partial charge is 0.0662 e. The molecule has 128 valence electrons. The second-order valence-corrected chi connectivity index (χ2v) is 6.81. The summed E-state index contributed by atoms with van der Waals surface area (Å²) in [4.78, 5) is 4.24. The minimum atomic E-state index is 0.280. The summed E-state index contributed by atoms with van der Waals surface area (Å²) in [5.74, 6) is 0. The third kappa shape index (κ3) is 3.49. The van der Waals surface area contributed by atoms with Crippen LogP contribution >= 0.6 is 0 Å². The number of pyridine rings is 1. The molecule has 0 aliphatic heterocycles. The molecule has 1 aromatic carbocycles. The molecule has 1 aliphatic rings. The normalized spacial score (nSPS) is 17.9. The summed E-state index contributed by atoms with van der Waals surface area (Å²) in [6, 6.07) is 15.3. The zero-order valence-electron chi connectivity index (χ0n) is 14.6. The average Bonchev–Trinajstić information content (AvgIpc) is 3.07. The van der Waals surface area contributed by atoms with Crippen LogP contribution in [0, 0.1) is 0 Å². The van der Waals surface area contributed by atoms with E-state index in [4.69, 9.17) is 0 Å². The molecule has 2 heterocycles. The maximum atomic E-state index is 4.69. The number of nitrogens with one attached hydrogen (secondary N) is 1. The number of rotatable bonds is 5. The number of fused-ring (bicyclic) bond motifs is 1. The van der Waals surface area contributed by atoms with E-state index >= 15 is 0 Å². The number of hydrogen-bond donors (Lipinski definition) is 1. The van der Waals surface area contributed by atoms with Crippen molar-refractivity contribution in [2.24, 2.45) is 0 Å². The van der Waals surface area contributed by atoms with Crippen molar-refractivity contribution in [2.45, 2.75) is 44.8 Å². The molecule has 4 rings (SSSR count). The van der Waals surface area contributed by atoms with E-state index in [1.165, 1.54) is 28.8 Å². The maximum Gasteiger partial charge on any atom is 0.0662 e. The fourth-order valence-electron chi connectivity index (χ4n) is 3.71. The molecule has 0 saturated carbocycles. The lowest BCUT2D eigenvalue weighted by Gasteiger charge is -2.27. The van der Waals surface area contributed by atoms with Gasteiger partial charge in [-0.3, -0.25) is 9.67 Å². The quantitative estimate of drug-likeness (QED) is 0.766. The van der Waals surface area contributed by atoms with Gasteiger partial charge in [0.15, 0.2) is 0 Å². The Bertz CT molecular complexity index is 810. The van der Waals surface area contributed by atoms with Gasteiger partial charge in [-0.1, -0.05) is 36.4 Å². The zero-order valence-corrected chi connectivity index (χ0v) is 14.6. The Hall–Kier alpha value is -2.46. The first kappa shape index (κ1) is 16.0. The third-order valence-corrected chi connectivity index (χ3v) is 5.07. The summed E-state index contributed by atoms with van der Waals surface area (Å²) < 4.78 is 2.17. The van der Waals surface area contributed by atoms with E-state index in [0.29, 0.717) is 6.04 Å². The Morgan fingerprint density at radius 3 is 2.84 bits per heavy atom. The summed E-state index contributed by atoms with van der Waals surface area (Å²) in [6.07, 6.45) is 9.30. The standard InChI is InChI=1S/C21H24N4/c1-16(18-9-6-12-22-13-18)24-20-10-5-11-21-19(20)14-23-25(21)15-17-7-3-2-4-8-17/h2-4,6-9,12-14,16,20,24H,5,10-11,15H2,1H3/t16-,20+/m1/s1. The van der Waals surface area contributed by atoms with Crippen molar-refractivity contribution in [3.05, 3.63) is 83.4 Å². The lowest BCUT2D eigenvalue weighted by atomic mass is 9.92. The highest BCUT2D eigenvalue weighted by molar-refractivity contribution is 5.27. The number of hydrogen-bond acceptors (Lipinski definition) is 3. The fourth-order valence-corrected chi connectivity index (χ4v) is 3.71. The Morgan fingerprint density at radius 2 is 2.04 bits per heavy atom. The van der Waals surface area contributed by atoms with Crippen LogP contribution in [-0.2, 0) is 13.0 Å². The molecule has 0 unspecified atom stereocenters. The van der Waals surface area contributed by atoms with Gasteiger partial charge in [0.1, 0.15) is 0 Å². The van der Waals surface area contributed by atoms with Gasteiger partial charge >= 0.3 is 0 Å². The number of nitrogens with zero attached hydrogens (tertiary/aromatic N) is 3. The van der Waals surface area contributed by atoms with Gasteiger partial charge in [-0.15, -0.1) is 0 Å². The van der Waals surface area contributed by atoms with E-state index in [1.807, 2.05) is 18.5 Å².